The first kappa shape index (κ1) is 15.1. The zero-order chi connectivity index (χ0) is 14.9. The average molecular weight is 283 g/mol. The lowest BCUT2D eigenvalue weighted by Gasteiger charge is -2.26. The lowest BCUT2D eigenvalue weighted by atomic mass is 10.1. The minimum atomic E-state index is -0.483. The Morgan fingerprint density at radius 3 is 2.65 bits per heavy atom. The van der Waals surface area contributed by atoms with Crippen LogP contribution in [0, 0.1) is 5.92 Å². The van der Waals surface area contributed by atoms with Gasteiger partial charge in [-0.3, -0.25) is 4.79 Å². The minimum absolute atomic E-state index is 0.117. The highest BCUT2D eigenvalue weighted by Gasteiger charge is 2.38. The van der Waals surface area contributed by atoms with Gasteiger partial charge < -0.3 is 20.3 Å². The van der Waals surface area contributed by atoms with E-state index < -0.39 is 5.60 Å². The van der Waals surface area contributed by atoms with Crippen molar-refractivity contribution in [3.63, 3.8) is 0 Å². The highest BCUT2D eigenvalue weighted by molar-refractivity contribution is 5.79. The molecule has 0 aromatic carbocycles. The van der Waals surface area contributed by atoms with Gasteiger partial charge in [0.05, 0.1) is 6.04 Å². The van der Waals surface area contributed by atoms with Crippen LogP contribution in [0.25, 0.3) is 0 Å². The van der Waals surface area contributed by atoms with Gasteiger partial charge in [-0.05, 0) is 39.7 Å². The molecule has 2 rings (SSSR count). The van der Waals surface area contributed by atoms with Gasteiger partial charge in [-0.2, -0.15) is 0 Å². The Morgan fingerprint density at radius 2 is 2.10 bits per heavy atom. The van der Waals surface area contributed by atoms with Gasteiger partial charge in [-0.25, -0.2) is 4.79 Å². The Labute approximate surface area is 120 Å². The van der Waals surface area contributed by atoms with E-state index in [4.69, 9.17) is 10.5 Å². The van der Waals surface area contributed by atoms with E-state index in [0.717, 1.165) is 13.0 Å². The molecular formula is C14H25N3O3. The number of hydrogen-bond donors (Lipinski definition) is 1. The molecule has 2 fully saturated rings. The van der Waals surface area contributed by atoms with Crippen molar-refractivity contribution < 1.29 is 14.3 Å². The molecule has 0 spiro atoms. The quantitative estimate of drug-likeness (QED) is 0.813. The smallest absolute Gasteiger partial charge is 0.410 e. The van der Waals surface area contributed by atoms with E-state index in [9.17, 15) is 9.59 Å². The lowest BCUT2D eigenvalue weighted by molar-refractivity contribution is -0.129. The number of carbonyl (C=O) groups is 2. The molecule has 2 saturated heterocycles. The SMILES string of the molecule is CC(C)(C)OC(=O)N1CC[C@H](N2CC(CN)CC2=O)C1. The van der Waals surface area contributed by atoms with Crippen LogP contribution in [0.3, 0.4) is 0 Å². The minimum Gasteiger partial charge on any atom is -0.444 e. The average Bonchev–Trinajstić information content (AvgIpc) is 2.92. The molecule has 0 saturated carbocycles. The monoisotopic (exact) mass is 283 g/mol. The van der Waals surface area contributed by atoms with Gasteiger partial charge in [-0.1, -0.05) is 0 Å². The molecule has 1 unspecified atom stereocenters. The summed E-state index contributed by atoms with van der Waals surface area (Å²) in [5, 5.41) is 0. The number of nitrogens with two attached hydrogens (primary N) is 1. The molecule has 6 nitrogen and oxygen atoms in total. The molecular weight excluding hydrogens is 258 g/mol. The third kappa shape index (κ3) is 3.42. The summed E-state index contributed by atoms with van der Waals surface area (Å²) in [6.45, 7) is 8.05. The predicted octanol–water partition coefficient (Wildman–Crippen LogP) is 0.803. The van der Waals surface area contributed by atoms with Crippen LogP contribution < -0.4 is 5.73 Å². The molecule has 0 bridgehead atoms. The maximum Gasteiger partial charge on any atom is 0.410 e. The van der Waals surface area contributed by atoms with Crippen LogP contribution >= 0.6 is 0 Å². The molecule has 2 atom stereocenters. The number of ether oxygens (including phenoxy) is 1. The molecule has 6 heteroatoms. The van der Waals surface area contributed by atoms with Gasteiger partial charge in [0.2, 0.25) is 5.91 Å². The largest absolute Gasteiger partial charge is 0.444 e. The molecule has 20 heavy (non-hydrogen) atoms. The fraction of sp³-hybridized carbons (Fsp3) is 0.857. The van der Waals surface area contributed by atoms with Crippen LogP contribution in [0.5, 0.6) is 0 Å². The molecule has 0 radical (unpaired) electrons. The van der Waals surface area contributed by atoms with E-state index in [1.165, 1.54) is 0 Å². The van der Waals surface area contributed by atoms with Crippen LogP contribution in [-0.2, 0) is 9.53 Å². The van der Waals surface area contributed by atoms with Crippen LogP contribution in [0.15, 0.2) is 0 Å². The maximum atomic E-state index is 12.0. The molecule has 2 aliphatic rings. The third-order valence-electron chi connectivity index (χ3n) is 3.83. The highest BCUT2D eigenvalue weighted by atomic mass is 16.6. The normalized spacial score (nSPS) is 27.3. The van der Waals surface area contributed by atoms with Crippen LogP contribution in [0.1, 0.15) is 33.6 Å². The Kier molecular flexibility index (Phi) is 4.22. The highest BCUT2D eigenvalue weighted by Crippen LogP contribution is 2.25. The molecule has 2 aliphatic heterocycles. The first-order valence-corrected chi connectivity index (χ1v) is 7.27. The van der Waals surface area contributed by atoms with Gasteiger partial charge in [-0.15, -0.1) is 0 Å². The van der Waals surface area contributed by atoms with Crippen molar-refractivity contribution in [1.29, 1.82) is 0 Å². The second kappa shape index (κ2) is 5.60. The molecule has 0 aromatic rings. The summed E-state index contributed by atoms with van der Waals surface area (Å²) in [4.78, 5) is 27.6. The van der Waals surface area contributed by atoms with Crippen molar-refractivity contribution in [2.75, 3.05) is 26.2 Å². The van der Waals surface area contributed by atoms with Crippen molar-refractivity contribution >= 4 is 12.0 Å². The van der Waals surface area contributed by atoms with Gasteiger partial charge in [0.25, 0.3) is 0 Å². The van der Waals surface area contributed by atoms with Crippen molar-refractivity contribution in [3.05, 3.63) is 0 Å². The van der Waals surface area contributed by atoms with E-state index in [2.05, 4.69) is 0 Å². The number of carbonyl (C=O) groups excluding carboxylic acids is 2. The molecule has 0 aromatic heterocycles. The number of rotatable bonds is 2. The maximum absolute atomic E-state index is 12.0. The Bertz CT molecular complexity index is 392. The Balaban J connectivity index is 1.89. The number of amides is 2. The summed E-state index contributed by atoms with van der Waals surface area (Å²) in [5.74, 6) is 0.426. The van der Waals surface area contributed by atoms with Gasteiger partial charge in [0.1, 0.15) is 5.60 Å². The summed E-state index contributed by atoms with van der Waals surface area (Å²) < 4.78 is 5.37. The van der Waals surface area contributed by atoms with E-state index in [-0.39, 0.29) is 24.0 Å². The van der Waals surface area contributed by atoms with Gasteiger partial charge in [0, 0.05) is 26.1 Å². The predicted molar refractivity (Wildman–Crippen MR) is 75.1 cm³/mol. The van der Waals surface area contributed by atoms with Crippen molar-refractivity contribution in [2.45, 2.75) is 45.3 Å². The molecule has 2 N–H and O–H groups in total. The van der Waals surface area contributed by atoms with Gasteiger partial charge >= 0.3 is 6.09 Å². The Morgan fingerprint density at radius 1 is 1.40 bits per heavy atom. The number of likely N-dealkylation sites (tertiary alicyclic amines) is 2. The molecule has 114 valence electrons. The third-order valence-corrected chi connectivity index (χ3v) is 3.83. The van der Waals surface area contributed by atoms with Crippen molar-refractivity contribution in [1.82, 2.24) is 9.80 Å². The van der Waals surface area contributed by atoms with E-state index in [1.807, 2.05) is 25.7 Å². The summed E-state index contributed by atoms with van der Waals surface area (Å²) in [5.41, 5.74) is 5.16. The molecule has 2 amide bonds. The second-order valence-corrected chi connectivity index (χ2v) is 6.72. The summed E-state index contributed by atoms with van der Waals surface area (Å²) in [6.07, 6.45) is 1.07. The fourth-order valence-electron chi connectivity index (χ4n) is 2.81. The van der Waals surface area contributed by atoms with Crippen LogP contribution in [0.4, 0.5) is 4.79 Å². The van der Waals surface area contributed by atoms with Crippen molar-refractivity contribution in [2.24, 2.45) is 11.7 Å². The lowest BCUT2D eigenvalue weighted by Crippen LogP contribution is -2.41. The fourth-order valence-corrected chi connectivity index (χ4v) is 2.81. The summed E-state index contributed by atoms with van der Waals surface area (Å²) in [6, 6.07) is 0.117. The molecule has 0 aliphatic carbocycles. The van der Waals surface area contributed by atoms with Crippen LogP contribution in [-0.4, -0.2) is 59.6 Å². The van der Waals surface area contributed by atoms with E-state index >= 15 is 0 Å². The van der Waals surface area contributed by atoms with Gasteiger partial charge in [0.15, 0.2) is 0 Å². The topological polar surface area (TPSA) is 75.9 Å². The van der Waals surface area contributed by atoms with E-state index in [1.54, 1.807) is 4.90 Å². The number of hydrogen-bond acceptors (Lipinski definition) is 4. The summed E-state index contributed by atoms with van der Waals surface area (Å²) in [7, 11) is 0. The van der Waals surface area contributed by atoms with Crippen LogP contribution in [0.2, 0.25) is 0 Å². The second-order valence-electron chi connectivity index (χ2n) is 6.72. The number of nitrogens with zero attached hydrogens (tertiary/aromatic N) is 2. The first-order valence-electron chi connectivity index (χ1n) is 7.27. The first-order chi connectivity index (χ1) is 9.30. The van der Waals surface area contributed by atoms with E-state index in [0.29, 0.717) is 26.1 Å². The standard InChI is InChI=1S/C14H25N3O3/c1-14(2,3)20-13(19)16-5-4-11(9-16)17-8-10(7-15)6-12(17)18/h10-11H,4-9,15H2,1-3H3/t10?,11-/m0/s1. The zero-order valence-electron chi connectivity index (χ0n) is 12.6. The Hall–Kier alpha value is -1.30. The molecule has 2 heterocycles. The zero-order valence-corrected chi connectivity index (χ0v) is 12.6. The van der Waals surface area contributed by atoms with Crippen molar-refractivity contribution in [3.8, 4) is 0 Å². The summed E-state index contributed by atoms with van der Waals surface area (Å²) >= 11 is 0.